The van der Waals surface area contributed by atoms with Crippen LogP contribution in [0.2, 0.25) is 0 Å². The van der Waals surface area contributed by atoms with Crippen molar-refractivity contribution in [3.63, 3.8) is 0 Å². The van der Waals surface area contributed by atoms with Gasteiger partial charge in [0.1, 0.15) is 0 Å². The highest BCUT2D eigenvalue weighted by Gasteiger charge is 2.30. The Morgan fingerprint density at radius 2 is 1.64 bits per heavy atom. The van der Waals surface area contributed by atoms with Crippen LogP contribution in [-0.2, 0) is 4.79 Å². The zero-order chi connectivity index (χ0) is 15.2. The van der Waals surface area contributed by atoms with Gasteiger partial charge in [0.2, 0.25) is 5.91 Å². The van der Waals surface area contributed by atoms with Gasteiger partial charge in [0, 0.05) is 39.3 Å². The number of halogens is 1. The number of amides is 3. The molecule has 0 aromatic rings. The number of carbonyl (C=O) groups is 2. The van der Waals surface area contributed by atoms with E-state index in [1.807, 2.05) is 28.5 Å². The molecule has 0 aromatic carbocycles. The molecule has 0 aliphatic carbocycles. The highest BCUT2D eigenvalue weighted by Crippen LogP contribution is 2.12. The second-order valence-corrected chi connectivity index (χ2v) is 5.77. The quantitative estimate of drug-likeness (QED) is 0.843. The van der Waals surface area contributed by atoms with Crippen molar-refractivity contribution >= 4 is 24.3 Å². The van der Waals surface area contributed by atoms with Crippen LogP contribution in [0.25, 0.3) is 0 Å². The van der Waals surface area contributed by atoms with Crippen molar-refractivity contribution in [2.45, 2.75) is 39.2 Å². The van der Waals surface area contributed by atoms with E-state index in [9.17, 15) is 9.59 Å². The Labute approximate surface area is 139 Å². The summed E-state index contributed by atoms with van der Waals surface area (Å²) in [6, 6.07) is 0.0895. The lowest BCUT2D eigenvalue weighted by molar-refractivity contribution is -0.135. The Balaban J connectivity index is 0.00000242. The van der Waals surface area contributed by atoms with Crippen LogP contribution >= 0.6 is 12.4 Å². The van der Waals surface area contributed by atoms with Gasteiger partial charge < -0.3 is 20.0 Å². The SMILES string of the molecule is CCN(CC)C(=O)N1CCN(C(=O)[C@H]2CCCCN2)CC1.Cl. The number of urea groups is 1. The first kappa shape index (κ1) is 19.0. The standard InChI is InChI=1S/C15H28N4O2.ClH/c1-3-17(4-2)15(21)19-11-9-18(10-12-19)14(20)13-7-5-6-8-16-13;/h13,16H,3-12H2,1-2H3;1H/t13-;/m1./s1. The fraction of sp³-hybridized carbons (Fsp3) is 0.867. The molecule has 6 nitrogen and oxygen atoms in total. The largest absolute Gasteiger partial charge is 0.338 e. The van der Waals surface area contributed by atoms with Crippen molar-refractivity contribution in [3.8, 4) is 0 Å². The molecule has 2 aliphatic heterocycles. The molecule has 0 unspecified atom stereocenters. The van der Waals surface area contributed by atoms with Crippen LogP contribution in [0.3, 0.4) is 0 Å². The average Bonchev–Trinajstić information content (AvgIpc) is 2.56. The van der Waals surface area contributed by atoms with E-state index in [0.29, 0.717) is 26.2 Å². The molecule has 2 aliphatic rings. The van der Waals surface area contributed by atoms with E-state index < -0.39 is 0 Å². The van der Waals surface area contributed by atoms with Gasteiger partial charge in [-0.2, -0.15) is 0 Å². The van der Waals surface area contributed by atoms with Gasteiger partial charge in [-0.3, -0.25) is 4.79 Å². The monoisotopic (exact) mass is 332 g/mol. The van der Waals surface area contributed by atoms with Crippen LogP contribution in [0, 0.1) is 0 Å². The maximum atomic E-state index is 12.4. The number of hydrogen-bond donors (Lipinski definition) is 1. The number of nitrogens with zero attached hydrogens (tertiary/aromatic N) is 3. The van der Waals surface area contributed by atoms with Gasteiger partial charge in [-0.1, -0.05) is 6.42 Å². The topological polar surface area (TPSA) is 55.9 Å². The van der Waals surface area contributed by atoms with Crippen molar-refractivity contribution in [1.82, 2.24) is 20.0 Å². The molecule has 7 heteroatoms. The third-order valence-electron chi connectivity index (χ3n) is 4.50. The van der Waals surface area contributed by atoms with E-state index in [1.165, 1.54) is 0 Å². The summed E-state index contributed by atoms with van der Waals surface area (Å²) in [4.78, 5) is 30.3. The van der Waals surface area contributed by atoms with E-state index in [0.717, 1.165) is 38.9 Å². The minimum atomic E-state index is -0.0104. The molecule has 0 spiro atoms. The summed E-state index contributed by atoms with van der Waals surface area (Å²) in [6.07, 6.45) is 3.23. The molecule has 22 heavy (non-hydrogen) atoms. The third kappa shape index (κ3) is 4.49. The fourth-order valence-electron chi connectivity index (χ4n) is 3.10. The van der Waals surface area contributed by atoms with Crippen molar-refractivity contribution in [1.29, 1.82) is 0 Å². The van der Waals surface area contributed by atoms with Crippen LogP contribution in [0.5, 0.6) is 0 Å². The Hall–Kier alpha value is -1.01. The number of rotatable bonds is 3. The minimum Gasteiger partial charge on any atom is -0.338 e. The van der Waals surface area contributed by atoms with E-state index in [4.69, 9.17) is 0 Å². The molecule has 0 radical (unpaired) electrons. The van der Waals surface area contributed by atoms with E-state index in [2.05, 4.69) is 5.32 Å². The Kier molecular flexibility index (Phi) is 7.96. The van der Waals surface area contributed by atoms with E-state index in [-0.39, 0.29) is 30.4 Å². The lowest BCUT2D eigenvalue weighted by Gasteiger charge is -2.38. The molecular weight excluding hydrogens is 304 g/mol. The Morgan fingerprint density at radius 1 is 1.05 bits per heavy atom. The normalized spacial score (nSPS) is 22.0. The zero-order valence-electron chi connectivity index (χ0n) is 13.7. The number of nitrogens with one attached hydrogen (secondary N) is 1. The molecule has 2 rings (SSSR count). The van der Waals surface area contributed by atoms with Crippen LogP contribution in [0.4, 0.5) is 4.79 Å². The van der Waals surface area contributed by atoms with Crippen molar-refractivity contribution in [2.24, 2.45) is 0 Å². The van der Waals surface area contributed by atoms with Crippen LogP contribution in [0.15, 0.2) is 0 Å². The maximum Gasteiger partial charge on any atom is 0.320 e. The summed E-state index contributed by atoms with van der Waals surface area (Å²) in [5, 5.41) is 3.31. The Bertz CT molecular complexity index is 363. The molecule has 3 amide bonds. The van der Waals surface area contributed by atoms with E-state index in [1.54, 1.807) is 0 Å². The number of carbonyl (C=O) groups excluding carboxylic acids is 2. The molecular formula is C15H29ClN4O2. The number of piperazine rings is 1. The first-order chi connectivity index (χ1) is 10.2. The molecule has 2 heterocycles. The minimum absolute atomic E-state index is 0. The predicted molar refractivity (Wildman–Crippen MR) is 89.4 cm³/mol. The predicted octanol–water partition coefficient (Wildman–Crippen LogP) is 1.16. The smallest absolute Gasteiger partial charge is 0.320 e. The summed E-state index contributed by atoms with van der Waals surface area (Å²) in [7, 11) is 0. The maximum absolute atomic E-state index is 12.4. The third-order valence-corrected chi connectivity index (χ3v) is 4.50. The number of piperidine rings is 1. The van der Waals surface area contributed by atoms with Crippen LogP contribution < -0.4 is 5.32 Å². The lowest BCUT2D eigenvalue weighted by Crippen LogP contribution is -2.57. The van der Waals surface area contributed by atoms with Gasteiger partial charge in [0.05, 0.1) is 6.04 Å². The Morgan fingerprint density at radius 3 is 2.14 bits per heavy atom. The molecule has 2 saturated heterocycles. The zero-order valence-corrected chi connectivity index (χ0v) is 14.5. The summed E-state index contributed by atoms with van der Waals surface area (Å²) in [5.74, 6) is 0.213. The van der Waals surface area contributed by atoms with Crippen molar-refractivity contribution in [2.75, 3.05) is 45.8 Å². The van der Waals surface area contributed by atoms with Gasteiger partial charge in [-0.15, -0.1) is 12.4 Å². The highest BCUT2D eigenvalue weighted by atomic mass is 35.5. The van der Waals surface area contributed by atoms with Gasteiger partial charge in [0.25, 0.3) is 0 Å². The molecule has 2 fully saturated rings. The van der Waals surface area contributed by atoms with Gasteiger partial charge in [-0.25, -0.2) is 4.79 Å². The molecule has 1 atom stereocenters. The van der Waals surface area contributed by atoms with Crippen LogP contribution in [-0.4, -0.2) is 78.5 Å². The second-order valence-electron chi connectivity index (χ2n) is 5.77. The highest BCUT2D eigenvalue weighted by molar-refractivity contribution is 5.85. The van der Waals surface area contributed by atoms with Gasteiger partial charge >= 0.3 is 6.03 Å². The van der Waals surface area contributed by atoms with Crippen LogP contribution in [0.1, 0.15) is 33.1 Å². The molecule has 1 N–H and O–H groups in total. The van der Waals surface area contributed by atoms with Crippen molar-refractivity contribution in [3.05, 3.63) is 0 Å². The van der Waals surface area contributed by atoms with E-state index >= 15 is 0 Å². The first-order valence-corrected chi connectivity index (χ1v) is 8.23. The summed E-state index contributed by atoms with van der Waals surface area (Å²) in [6.45, 7) is 9.01. The summed E-state index contributed by atoms with van der Waals surface area (Å²) >= 11 is 0. The molecule has 128 valence electrons. The summed E-state index contributed by atoms with van der Waals surface area (Å²) < 4.78 is 0. The first-order valence-electron chi connectivity index (χ1n) is 8.23. The number of hydrogen-bond acceptors (Lipinski definition) is 3. The molecule has 0 bridgehead atoms. The lowest BCUT2D eigenvalue weighted by atomic mass is 10.0. The molecule has 0 saturated carbocycles. The summed E-state index contributed by atoms with van der Waals surface area (Å²) in [5.41, 5.74) is 0. The average molecular weight is 333 g/mol. The second kappa shape index (κ2) is 9.20. The van der Waals surface area contributed by atoms with Gasteiger partial charge in [0.15, 0.2) is 0 Å². The van der Waals surface area contributed by atoms with Crippen molar-refractivity contribution < 1.29 is 9.59 Å². The van der Waals surface area contributed by atoms with Gasteiger partial charge in [-0.05, 0) is 33.2 Å². The fourth-order valence-corrected chi connectivity index (χ4v) is 3.10. The molecule has 0 aromatic heterocycles.